The Morgan fingerprint density at radius 1 is 0.344 bits per heavy atom. The van der Waals surface area contributed by atoms with Crippen molar-refractivity contribution in [2.45, 2.75) is 0 Å². The fourth-order valence-corrected chi connectivity index (χ4v) is 9.04. The molecule has 0 fully saturated rings. The van der Waals surface area contributed by atoms with E-state index in [4.69, 9.17) is 21.5 Å². The minimum Gasteiger partial charge on any atom is -0.310 e. The summed E-state index contributed by atoms with van der Waals surface area (Å²) in [4.78, 5) is 18.7. The summed E-state index contributed by atoms with van der Waals surface area (Å²) in [5.74, 6) is 1.96. The van der Waals surface area contributed by atoms with Gasteiger partial charge in [-0.2, -0.15) is 0 Å². The predicted molar refractivity (Wildman–Crippen MR) is 251 cm³/mol. The highest BCUT2D eigenvalue weighted by Crippen LogP contribution is 2.41. The first-order chi connectivity index (χ1) is 30.1. The van der Waals surface area contributed by atoms with Gasteiger partial charge in [-0.1, -0.05) is 152 Å². The Kier molecular flexibility index (Phi) is 7.84. The Hall–Kier alpha value is -8.46. The summed E-state index contributed by atoms with van der Waals surface area (Å²) in [7, 11) is 0. The van der Waals surface area contributed by atoms with E-state index in [2.05, 4.69) is 131 Å². The number of para-hydroxylation sites is 1. The fourth-order valence-electron chi connectivity index (χ4n) is 9.04. The summed E-state index contributed by atoms with van der Waals surface area (Å²) in [5, 5.41) is 9.54. The molecule has 0 N–H and O–H groups in total. The Labute approximate surface area is 351 Å². The van der Waals surface area contributed by atoms with E-state index in [0.717, 1.165) is 60.7 Å². The van der Waals surface area contributed by atoms with Gasteiger partial charge < -0.3 is 4.57 Å². The van der Waals surface area contributed by atoms with Gasteiger partial charge in [-0.15, -0.1) is 0 Å². The Morgan fingerprint density at radius 3 is 1.30 bits per heavy atom. The summed E-state index contributed by atoms with van der Waals surface area (Å²) < 4.78 is 2.28. The fraction of sp³-hybridized carbons (Fsp3) is 0. The van der Waals surface area contributed by atoms with E-state index in [-0.39, 0.29) is 0 Å². The van der Waals surface area contributed by atoms with Crippen LogP contribution in [0.3, 0.4) is 0 Å². The van der Waals surface area contributed by atoms with Gasteiger partial charge in [0, 0.05) is 38.7 Å². The molecule has 2 aromatic heterocycles. The van der Waals surface area contributed by atoms with Gasteiger partial charge in [-0.05, 0) is 103 Å². The van der Waals surface area contributed by atoms with E-state index in [9.17, 15) is 0 Å². The molecule has 0 radical (unpaired) electrons. The van der Waals surface area contributed by atoms with Gasteiger partial charge in [-0.25, -0.2) is 19.8 Å². The van der Waals surface area contributed by atoms with Crippen molar-refractivity contribution in [3.8, 4) is 62.1 Å². The van der Waals surface area contributed by atoms with Crippen LogP contribution in [-0.2, 0) is 0 Å². The standard InChI is InChI=1S/C56H33N5/c1-57-46-26-28-49-48-27-25-39(33-50(48)61(51(49)34-46)47-15-9-4-10-16-47)35-17-19-36(20-18-35)44-29-40-21-23-42-31-45(32-43-24-22-41(30-44)52(40)53(42)43)56-59-54(37-11-5-2-6-12-37)58-55(60-56)38-13-7-3-8-14-38/h2-34H. The molecule has 0 aliphatic rings. The molecule has 0 aliphatic carbocycles. The van der Waals surface area contributed by atoms with Crippen LogP contribution in [-0.4, -0.2) is 19.5 Å². The third-order valence-electron chi connectivity index (χ3n) is 11.9. The van der Waals surface area contributed by atoms with Gasteiger partial charge in [-0.3, -0.25) is 0 Å². The zero-order valence-corrected chi connectivity index (χ0v) is 32.8. The van der Waals surface area contributed by atoms with Crippen molar-refractivity contribution in [1.82, 2.24) is 19.5 Å². The molecule has 282 valence electrons. The van der Waals surface area contributed by atoms with Crippen LogP contribution in [0.1, 0.15) is 0 Å². The van der Waals surface area contributed by atoms with Gasteiger partial charge in [0.05, 0.1) is 12.1 Å². The van der Waals surface area contributed by atoms with Crippen LogP contribution in [0.4, 0.5) is 5.69 Å². The molecular weight excluding hydrogens is 743 g/mol. The highest BCUT2D eigenvalue weighted by Gasteiger charge is 2.17. The molecule has 0 unspecified atom stereocenters. The van der Waals surface area contributed by atoms with Gasteiger partial charge in [0.25, 0.3) is 0 Å². The number of rotatable bonds is 6. The van der Waals surface area contributed by atoms with Crippen molar-refractivity contribution in [2.24, 2.45) is 0 Å². The number of aromatic nitrogens is 4. The molecule has 5 heteroatoms. The lowest BCUT2D eigenvalue weighted by Gasteiger charge is -2.15. The van der Waals surface area contributed by atoms with Gasteiger partial charge >= 0.3 is 0 Å². The molecular formula is C56H33N5. The van der Waals surface area contributed by atoms with E-state index in [1.54, 1.807) is 0 Å². The third-order valence-corrected chi connectivity index (χ3v) is 11.9. The molecule has 0 atom stereocenters. The summed E-state index contributed by atoms with van der Waals surface area (Å²) in [5.41, 5.74) is 11.4. The highest BCUT2D eigenvalue weighted by molar-refractivity contribution is 6.24. The molecule has 0 spiro atoms. The minimum absolute atomic E-state index is 0.635. The molecule has 12 aromatic rings. The first-order valence-electron chi connectivity index (χ1n) is 20.4. The average Bonchev–Trinajstić information content (AvgIpc) is 3.66. The number of fused-ring (bicyclic) bond motifs is 3. The molecule has 0 saturated heterocycles. The summed E-state index contributed by atoms with van der Waals surface area (Å²) in [6.07, 6.45) is 0. The van der Waals surface area contributed by atoms with Crippen LogP contribution in [0, 0.1) is 6.57 Å². The Bertz CT molecular complexity index is 3560. The van der Waals surface area contributed by atoms with E-state index < -0.39 is 0 Å². The lowest BCUT2D eigenvalue weighted by atomic mass is 9.90. The molecule has 61 heavy (non-hydrogen) atoms. The second-order valence-corrected chi connectivity index (χ2v) is 15.6. The van der Waals surface area contributed by atoms with Crippen molar-refractivity contribution >= 4 is 59.8 Å². The minimum atomic E-state index is 0.635. The van der Waals surface area contributed by atoms with Crippen LogP contribution in [0.5, 0.6) is 0 Å². The number of benzene rings is 10. The monoisotopic (exact) mass is 775 g/mol. The van der Waals surface area contributed by atoms with Crippen molar-refractivity contribution in [2.75, 3.05) is 0 Å². The number of nitrogens with zero attached hydrogens (tertiary/aromatic N) is 5. The van der Waals surface area contributed by atoms with Gasteiger partial charge in [0.1, 0.15) is 0 Å². The molecule has 0 aliphatic heterocycles. The van der Waals surface area contributed by atoms with Crippen molar-refractivity contribution in [3.05, 3.63) is 212 Å². The molecule has 5 nitrogen and oxygen atoms in total. The molecule has 0 bridgehead atoms. The molecule has 12 rings (SSSR count). The normalized spacial score (nSPS) is 11.6. The second kappa shape index (κ2) is 13.8. The SMILES string of the molecule is [C-]#[N+]c1ccc2c3ccc(-c4ccc(-c5cc6ccc7cc(-c8nc(-c9ccccc9)nc(-c9ccccc9)n8)cc8ccc(c5)c6c78)cc4)cc3n(-c3ccccc3)c2c1. The van der Waals surface area contributed by atoms with Gasteiger partial charge in [0.2, 0.25) is 0 Å². The maximum Gasteiger partial charge on any atom is 0.189 e. The largest absolute Gasteiger partial charge is 0.310 e. The van der Waals surface area contributed by atoms with E-state index in [0.29, 0.717) is 23.2 Å². The highest BCUT2D eigenvalue weighted by atomic mass is 15.0. The molecule has 10 aromatic carbocycles. The molecule has 0 amide bonds. The van der Waals surface area contributed by atoms with Gasteiger partial charge in [0.15, 0.2) is 23.2 Å². The van der Waals surface area contributed by atoms with Crippen molar-refractivity contribution < 1.29 is 0 Å². The van der Waals surface area contributed by atoms with Crippen LogP contribution in [0.15, 0.2) is 200 Å². The van der Waals surface area contributed by atoms with Crippen LogP contribution >= 0.6 is 0 Å². The predicted octanol–water partition coefficient (Wildman–Crippen LogP) is 14.8. The maximum atomic E-state index is 7.65. The first kappa shape index (κ1) is 34.6. The summed E-state index contributed by atoms with van der Waals surface area (Å²) in [6, 6.07) is 70.2. The summed E-state index contributed by atoms with van der Waals surface area (Å²) in [6.45, 7) is 7.65. The maximum absolute atomic E-state index is 7.65. The Morgan fingerprint density at radius 2 is 0.770 bits per heavy atom. The molecule has 0 saturated carbocycles. The summed E-state index contributed by atoms with van der Waals surface area (Å²) >= 11 is 0. The van der Waals surface area contributed by atoms with E-state index >= 15 is 0 Å². The first-order valence-corrected chi connectivity index (χ1v) is 20.4. The topological polar surface area (TPSA) is 48.0 Å². The average molecular weight is 776 g/mol. The smallest absolute Gasteiger partial charge is 0.189 e. The van der Waals surface area contributed by atoms with Crippen molar-refractivity contribution in [3.63, 3.8) is 0 Å². The second-order valence-electron chi connectivity index (χ2n) is 15.6. The van der Waals surface area contributed by atoms with Crippen molar-refractivity contribution in [1.29, 1.82) is 0 Å². The van der Waals surface area contributed by atoms with Crippen LogP contribution < -0.4 is 0 Å². The zero-order valence-electron chi connectivity index (χ0n) is 32.8. The van der Waals surface area contributed by atoms with Crippen LogP contribution in [0.25, 0.3) is 121 Å². The lowest BCUT2D eigenvalue weighted by Crippen LogP contribution is -2.00. The molecule has 2 heterocycles. The third kappa shape index (κ3) is 5.81. The lowest BCUT2D eigenvalue weighted by molar-refractivity contribution is 1.07. The van der Waals surface area contributed by atoms with E-state index in [1.165, 1.54) is 38.1 Å². The Balaban J connectivity index is 0.915. The van der Waals surface area contributed by atoms with E-state index in [1.807, 2.05) is 78.9 Å². The number of hydrogen-bond donors (Lipinski definition) is 0. The number of hydrogen-bond acceptors (Lipinski definition) is 3. The van der Waals surface area contributed by atoms with Crippen LogP contribution in [0.2, 0.25) is 0 Å². The quantitative estimate of drug-likeness (QED) is 0.125. The zero-order chi connectivity index (χ0) is 40.4.